The summed E-state index contributed by atoms with van der Waals surface area (Å²) in [5, 5.41) is 3.25. The van der Waals surface area contributed by atoms with Gasteiger partial charge in [-0.15, -0.1) is 0 Å². The number of nitrogens with zero attached hydrogens (tertiary/aromatic N) is 2. The second kappa shape index (κ2) is 5.74. The van der Waals surface area contributed by atoms with Crippen molar-refractivity contribution in [2.24, 2.45) is 0 Å². The molecule has 3 rings (SSSR count). The van der Waals surface area contributed by atoms with Gasteiger partial charge in [-0.3, -0.25) is 4.79 Å². The summed E-state index contributed by atoms with van der Waals surface area (Å²) in [4.78, 5) is 17.3. The standard InChI is InChI=1S/C16H17N3O/c20-12-19-10-4-7-15(19)13-8-9-16(17-11-13)18-14-5-2-1-3-6-14/h1-3,5-6,8-9,11-12,15H,4,7,10H2,(H,17,18)/t15-/m1/s1. The first-order valence-corrected chi connectivity index (χ1v) is 6.86. The van der Waals surface area contributed by atoms with Crippen LogP contribution in [0.2, 0.25) is 0 Å². The van der Waals surface area contributed by atoms with Gasteiger partial charge in [0.1, 0.15) is 5.82 Å². The third kappa shape index (κ3) is 2.64. The molecule has 2 heterocycles. The van der Waals surface area contributed by atoms with Crippen LogP contribution in [0.25, 0.3) is 0 Å². The van der Waals surface area contributed by atoms with E-state index in [2.05, 4.69) is 10.3 Å². The van der Waals surface area contributed by atoms with Gasteiger partial charge in [-0.25, -0.2) is 4.98 Å². The summed E-state index contributed by atoms with van der Waals surface area (Å²) in [7, 11) is 0. The summed E-state index contributed by atoms with van der Waals surface area (Å²) < 4.78 is 0. The highest BCUT2D eigenvalue weighted by Gasteiger charge is 2.24. The van der Waals surface area contributed by atoms with Crippen molar-refractivity contribution in [2.75, 3.05) is 11.9 Å². The molecule has 0 spiro atoms. The smallest absolute Gasteiger partial charge is 0.210 e. The maximum Gasteiger partial charge on any atom is 0.210 e. The lowest BCUT2D eigenvalue weighted by Crippen LogP contribution is -2.21. The Labute approximate surface area is 118 Å². The van der Waals surface area contributed by atoms with Crippen molar-refractivity contribution < 1.29 is 4.79 Å². The number of benzene rings is 1. The largest absolute Gasteiger partial charge is 0.340 e. The molecule has 0 saturated carbocycles. The maximum atomic E-state index is 11.0. The number of hydrogen-bond donors (Lipinski definition) is 1. The zero-order chi connectivity index (χ0) is 13.8. The van der Waals surface area contributed by atoms with Gasteiger partial charge in [0.15, 0.2) is 0 Å². The Hall–Kier alpha value is -2.36. The quantitative estimate of drug-likeness (QED) is 0.866. The summed E-state index contributed by atoms with van der Waals surface area (Å²) in [6.07, 6.45) is 4.88. The molecule has 20 heavy (non-hydrogen) atoms. The molecular weight excluding hydrogens is 250 g/mol. The number of amides is 1. The Morgan fingerprint density at radius 3 is 2.75 bits per heavy atom. The second-order valence-corrected chi connectivity index (χ2v) is 4.97. The molecule has 0 unspecified atom stereocenters. The topological polar surface area (TPSA) is 45.2 Å². The number of aromatic nitrogens is 1. The highest BCUT2D eigenvalue weighted by Crippen LogP contribution is 2.30. The third-order valence-corrected chi connectivity index (χ3v) is 3.65. The fraction of sp³-hybridized carbons (Fsp3) is 0.250. The normalized spacial score (nSPS) is 18.0. The van der Waals surface area contributed by atoms with E-state index >= 15 is 0 Å². The van der Waals surface area contributed by atoms with E-state index in [1.807, 2.05) is 53.6 Å². The number of para-hydroxylation sites is 1. The molecule has 1 N–H and O–H groups in total. The average molecular weight is 267 g/mol. The second-order valence-electron chi connectivity index (χ2n) is 4.97. The van der Waals surface area contributed by atoms with Crippen LogP contribution in [0, 0.1) is 0 Å². The molecule has 2 aromatic rings. The van der Waals surface area contributed by atoms with Crippen LogP contribution in [0.3, 0.4) is 0 Å². The zero-order valence-electron chi connectivity index (χ0n) is 11.2. The van der Waals surface area contributed by atoms with Crippen molar-refractivity contribution in [3.05, 3.63) is 54.2 Å². The molecule has 4 heteroatoms. The van der Waals surface area contributed by atoms with Gasteiger partial charge in [0.2, 0.25) is 6.41 Å². The van der Waals surface area contributed by atoms with Gasteiger partial charge in [0.25, 0.3) is 0 Å². The third-order valence-electron chi connectivity index (χ3n) is 3.65. The number of carbonyl (C=O) groups is 1. The van der Waals surface area contributed by atoms with Gasteiger partial charge in [-0.2, -0.15) is 0 Å². The van der Waals surface area contributed by atoms with Crippen molar-refractivity contribution in [3.63, 3.8) is 0 Å². The highest BCUT2D eigenvalue weighted by atomic mass is 16.1. The van der Waals surface area contributed by atoms with Crippen molar-refractivity contribution >= 4 is 17.9 Å². The van der Waals surface area contributed by atoms with Gasteiger partial charge in [0.05, 0.1) is 6.04 Å². The monoisotopic (exact) mass is 267 g/mol. The van der Waals surface area contributed by atoms with E-state index in [4.69, 9.17) is 0 Å². The lowest BCUT2D eigenvalue weighted by atomic mass is 10.1. The van der Waals surface area contributed by atoms with Crippen LogP contribution in [0.1, 0.15) is 24.4 Å². The first kappa shape index (κ1) is 12.7. The summed E-state index contributed by atoms with van der Waals surface area (Å²) in [5.74, 6) is 0.815. The lowest BCUT2D eigenvalue weighted by molar-refractivity contribution is -0.118. The van der Waals surface area contributed by atoms with E-state index in [1.165, 1.54) is 0 Å². The molecular formula is C16H17N3O. The number of likely N-dealkylation sites (tertiary alicyclic amines) is 1. The van der Waals surface area contributed by atoms with Crippen LogP contribution in [0.15, 0.2) is 48.7 Å². The van der Waals surface area contributed by atoms with Gasteiger partial charge < -0.3 is 10.2 Å². The molecule has 1 aliphatic rings. The van der Waals surface area contributed by atoms with Gasteiger partial charge in [-0.1, -0.05) is 24.3 Å². The number of rotatable bonds is 4. The Kier molecular flexibility index (Phi) is 3.63. The molecule has 1 aromatic carbocycles. The van der Waals surface area contributed by atoms with Crippen molar-refractivity contribution in [3.8, 4) is 0 Å². The van der Waals surface area contributed by atoms with E-state index in [0.29, 0.717) is 0 Å². The molecule has 1 saturated heterocycles. The van der Waals surface area contributed by atoms with Gasteiger partial charge >= 0.3 is 0 Å². The van der Waals surface area contributed by atoms with Crippen LogP contribution >= 0.6 is 0 Å². The van der Waals surface area contributed by atoms with Crippen LogP contribution in [0.5, 0.6) is 0 Å². The number of hydrogen-bond acceptors (Lipinski definition) is 3. The maximum absolute atomic E-state index is 11.0. The fourth-order valence-corrected chi connectivity index (χ4v) is 2.62. The Balaban J connectivity index is 1.73. The summed E-state index contributed by atoms with van der Waals surface area (Å²) in [6, 6.07) is 14.1. The molecule has 102 valence electrons. The van der Waals surface area contributed by atoms with E-state index in [9.17, 15) is 4.79 Å². The lowest BCUT2D eigenvalue weighted by Gasteiger charge is -2.20. The summed E-state index contributed by atoms with van der Waals surface area (Å²) in [6.45, 7) is 0.845. The molecule has 0 radical (unpaired) electrons. The zero-order valence-corrected chi connectivity index (χ0v) is 11.2. The van der Waals surface area contributed by atoms with E-state index in [1.54, 1.807) is 0 Å². The minimum absolute atomic E-state index is 0.186. The highest BCUT2D eigenvalue weighted by molar-refractivity contribution is 5.56. The molecule has 1 fully saturated rings. The Bertz CT molecular complexity index is 568. The van der Waals surface area contributed by atoms with Crippen molar-refractivity contribution in [1.29, 1.82) is 0 Å². The summed E-state index contributed by atoms with van der Waals surface area (Å²) in [5.41, 5.74) is 2.12. The number of pyridine rings is 1. The first-order valence-electron chi connectivity index (χ1n) is 6.86. The van der Waals surface area contributed by atoms with Crippen molar-refractivity contribution in [2.45, 2.75) is 18.9 Å². The molecule has 0 aliphatic carbocycles. The predicted octanol–water partition coefficient (Wildman–Crippen LogP) is 3.12. The van der Waals surface area contributed by atoms with E-state index in [-0.39, 0.29) is 6.04 Å². The fourth-order valence-electron chi connectivity index (χ4n) is 2.62. The molecule has 1 atom stereocenters. The predicted molar refractivity (Wildman–Crippen MR) is 78.7 cm³/mol. The van der Waals surface area contributed by atoms with Crippen LogP contribution in [-0.2, 0) is 4.79 Å². The summed E-state index contributed by atoms with van der Waals surface area (Å²) >= 11 is 0. The molecule has 4 nitrogen and oxygen atoms in total. The van der Waals surface area contributed by atoms with Crippen molar-refractivity contribution in [1.82, 2.24) is 9.88 Å². The van der Waals surface area contributed by atoms with Gasteiger partial charge in [-0.05, 0) is 36.6 Å². The van der Waals surface area contributed by atoms with E-state index in [0.717, 1.165) is 42.9 Å². The Morgan fingerprint density at radius 2 is 2.05 bits per heavy atom. The Morgan fingerprint density at radius 1 is 1.20 bits per heavy atom. The van der Waals surface area contributed by atoms with Crippen LogP contribution < -0.4 is 5.32 Å². The first-order chi connectivity index (χ1) is 9.86. The average Bonchev–Trinajstić information content (AvgIpc) is 2.98. The van der Waals surface area contributed by atoms with Crippen LogP contribution in [-0.4, -0.2) is 22.8 Å². The van der Waals surface area contributed by atoms with E-state index < -0.39 is 0 Å². The molecule has 1 amide bonds. The number of nitrogens with one attached hydrogen (secondary N) is 1. The SMILES string of the molecule is O=CN1CCC[C@@H]1c1ccc(Nc2ccccc2)nc1. The minimum Gasteiger partial charge on any atom is -0.340 e. The molecule has 0 bridgehead atoms. The van der Waals surface area contributed by atoms with Crippen LogP contribution in [0.4, 0.5) is 11.5 Å². The molecule has 1 aliphatic heterocycles. The number of carbonyl (C=O) groups excluding carboxylic acids is 1. The number of anilines is 2. The minimum atomic E-state index is 0.186. The van der Waals surface area contributed by atoms with Gasteiger partial charge in [0, 0.05) is 18.4 Å². The molecule has 1 aromatic heterocycles.